The van der Waals surface area contributed by atoms with Gasteiger partial charge in [-0.2, -0.15) is 0 Å². The number of carbonyl (C=O) groups is 2. The first-order valence-corrected chi connectivity index (χ1v) is 12.3. The van der Waals surface area contributed by atoms with Crippen LogP contribution in [0.5, 0.6) is 23.0 Å². The second-order valence-electron chi connectivity index (χ2n) is 8.66. The highest BCUT2D eigenvalue weighted by Crippen LogP contribution is 2.33. The average Bonchev–Trinajstić information content (AvgIpc) is 2.94. The molecule has 38 heavy (non-hydrogen) atoms. The molecule has 202 valence electrons. The molecule has 3 aromatic rings. The van der Waals surface area contributed by atoms with Gasteiger partial charge in [0.05, 0.1) is 39.8 Å². The Morgan fingerprint density at radius 2 is 1.26 bits per heavy atom. The van der Waals surface area contributed by atoms with Crippen LogP contribution in [0.15, 0.2) is 66.7 Å². The van der Waals surface area contributed by atoms with Crippen molar-refractivity contribution >= 4 is 11.9 Å². The lowest BCUT2D eigenvalue weighted by atomic mass is 9.82. The molecule has 0 saturated carbocycles. The van der Waals surface area contributed by atoms with Crippen molar-refractivity contribution in [1.82, 2.24) is 0 Å². The predicted molar refractivity (Wildman–Crippen MR) is 142 cm³/mol. The smallest absolute Gasteiger partial charge is 0.310 e. The molecule has 0 fully saturated rings. The zero-order valence-electron chi connectivity index (χ0n) is 22.1. The Morgan fingerprint density at radius 3 is 1.82 bits per heavy atom. The summed E-state index contributed by atoms with van der Waals surface area (Å²) in [6.45, 7) is 2.21. The molecule has 2 atom stereocenters. The molecule has 0 radical (unpaired) electrons. The van der Waals surface area contributed by atoms with E-state index in [1.54, 1.807) is 43.3 Å². The van der Waals surface area contributed by atoms with Gasteiger partial charge in [0.1, 0.15) is 6.61 Å². The zero-order valence-corrected chi connectivity index (χ0v) is 22.1. The van der Waals surface area contributed by atoms with E-state index in [1.807, 2.05) is 30.3 Å². The van der Waals surface area contributed by atoms with Gasteiger partial charge in [0.15, 0.2) is 23.0 Å². The second-order valence-corrected chi connectivity index (χ2v) is 8.66. The third kappa shape index (κ3) is 7.41. The van der Waals surface area contributed by atoms with E-state index in [9.17, 15) is 14.7 Å². The SMILES string of the molecule is CCOC(=O)[C@H](Cc1ccc(OC)c(OC)c1)[C@@H](Cc1ccc(OCc2ccccc2)c(OC)c1)C(=O)O. The van der Waals surface area contributed by atoms with Crippen molar-refractivity contribution in [2.45, 2.75) is 26.4 Å². The summed E-state index contributed by atoms with van der Waals surface area (Å²) >= 11 is 0. The Hall–Kier alpha value is -4.20. The minimum Gasteiger partial charge on any atom is -0.493 e. The molecular weight excluding hydrogens is 488 g/mol. The minimum absolute atomic E-state index is 0.0986. The van der Waals surface area contributed by atoms with Gasteiger partial charge in [0.2, 0.25) is 0 Å². The number of aliphatic carboxylic acids is 1. The van der Waals surface area contributed by atoms with E-state index in [2.05, 4.69) is 0 Å². The molecule has 0 saturated heterocycles. The predicted octanol–water partition coefficient (Wildman–Crippen LogP) is 4.96. The lowest BCUT2D eigenvalue weighted by Crippen LogP contribution is -2.34. The maximum atomic E-state index is 13.0. The van der Waals surface area contributed by atoms with Crippen molar-refractivity contribution < 1.29 is 38.4 Å². The fraction of sp³-hybridized carbons (Fsp3) is 0.333. The first-order valence-electron chi connectivity index (χ1n) is 12.3. The molecule has 0 aliphatic heterocycles. The van der Waals surface area contributed by atoms with Crippen molar-refractivity contribution in [3.8, 4) is 23.0 Å². The number of ether oxygens (including phenoxy) is 5. The summed E-state index contributed by atoms with van der Waals surface area (Å²) in [6.07, 6.45) is 0.257. The molecule has 0 unspecified atom stereocenters. The van der Waals surface area contributed by atoms with Gasteiger partial charge in [0, 0.05) is 0 Å². The lowest BCUT2D eigenvalue weighted by Gasteiger charge is -2.23. The molecule has 0 aromatic heterocycles. The van der Waals surface area contributed by atoms with Crippen LogP contribution in [-0.4, -0.2) is 45.0 Å². The van der Waals surface area contributed by atoms with Crippen molar-refractivity contribution in [2.75, 3.05) is 27.9 Å². The van der Waals surface area contributed by atoms with Crippen LogP contribution in [0.1, 0.15) is 23.6 Å². The molecule has 3 aromatic carbocycles. The van der Waals surface area contributed by atoms with Crippen LogP contribution in [0.3, 0.4) is 0 Å². The molecule has 0 bridgehead atoms. The van der Waals surface area contributed by atoms with Crippen molar-refractivity contribution in [1.29, 1.82) is 0 Å². The molecule has 0 spiro atoms. The van der Waals surface area contributed by atoms with Gasteiger partial charge in [-0.1, -0.05) is 42.5 Å². The number of carbonyl (C=O) groups excluding carboxylic acids is 1. The molecule has 1 N–H and O–H groups in total. The van der Waals surface area contributed by atoms with E-state index in [0.29, 0.717) is 35.2 Å². The van der Waals surface area contributed by atoms with Crippen LogP contribution in [0.25, 0.3) is 0 Å². The van der Waals surface area contributed by atoms with Crippen molar-refractivity contribution in [2.24, 2.45) is 11.8 Å². The highest BCUT2D eigenvalue weighted by molar-refractivity contribution is 5.81. The summed E-state index contributed by atoms with van der Waals surface area (Å²) in [5.74, 6) is -1.56. The Bertz CT molecular complexity index is 1210. The van der Waals surface area contributed by atoms with E-state index in [1.165, 1.54) is 21.3 Å². The number of carboxylic acid groups (broad SMARTS) is 1. The van der Waals surface area contributed by atoms with Crippen LogP contribution in [0.2, 0.25) is 0 Å². The van der Waals surface area contributed by atoms with Crippen molar-refractivity contribution in [3.05, 3.63) is 83.4 Å². The molecule has 8 heteroatoms. The lowest BCUT2D eigenvalue weighted by molar-refractivity contribution is -0.157. The fourth-order valence-electron chi connectivity index (χ4n) is 4.25. The highest BCUT2D eigenvalue weighted by atomic mass is 16.5. The summed E-state index contributed by atoms with van der Waals surface area (Å²) in [6, 6.07) is 20.3. The standard InChI is InChI=1S/C30H34O8/c1-5-37-30(33)24(16-22-11-13-25(34-2)27(17-22)35-3)23(29(31)32)15-21-12-14-26(28(18-21)36-4)38-19-20-9-7-6-8-10-20/h6-14,17-18,23-24H,5,15-16,19H2,1-4H3,(H,31,32)/t23-,24-/m1/s1. The summed E-state index contributed by atoms with van der Waals surface area (Å²) in [5.41, 5.74) is 2.44. The second kappa shape index (κ2) is 13.9. The first-order chi connectivity index (χ1) is 18.4. The van der Waals surface area contributed by atoms with Crippen LogP contribution in [0, 0.1) is 11.8 Å². The Kier molecular flexibility index (Phi) is 10.4. The Balaban J connectivity index is 1.85. The Morgan fingerprint density at radius 1 is 0.711 bits per heavy atom. The average molecular weight is 523 g/mol. The normalized spacial score (nSPS) is 12.2. The van der Waals surface area contributed by atoms with Gasteiger partial charge in [-0.3, -0.25) is 9.59 Å². The van der Waals surface area contributed by atoms with Gasteiger partial charge < -0.3 is 28.8 Å². The summed E-state index contributed by atoms with van der Waals surface area (Å²) in [7, 11) is 4.58. The fourth-order valence-corrected chi connectivity index (χ4v) is 4.25. The van der Waals surface area contributed by atoms with Gasteiger partial charge in [-0.25, -0.2) is 0 Å². The van der Waals surface area contributed by atoms with Gasteiger partial charge >= 0.3 is 11.9 Å². The Labute approximate surface area is 223 Å². The number of rotatable bonds is 14. The van der Waals surface area contributed by atoms with Crippen LogP contribution < -0.4 is 18.9 Å². The number of hydrogen-bond donors (Lipinski definition) is 1. The van der Waals surface area contributed by atoms with Gasteiger partial charge in [-0.05, 0) is 60.7 Å². The zero-order chi connectivity index (χ0) is 27.5. The largest absolute Gasteiger partial charge is 0.493 e. The molecule has 0 aliphatic carbocycles. The van der Waals surface area contributed by atoms with E-state index in [0.717, 1.165) is 11.1 Å². The molecule has 0 aliphatic rings. The number of carboxylic acids is 1. The third-order valence-corrected chi connectivity index (χ3v) is 6.22. The minimum atomic E-state index is -1.09. The van der Waals surface area contributed by atoms with Crippen LogP contribution in [-0.2, 0) is 33.8 Å². The molecule has 3 rings (SSSR count). The highest BCUT2D eigenvalue weighted by Gasteiger charge is 2.35. The number of methoxy groups -OCH3 is 3. The van der Waals surface area contributed by atoms with E-state index < -0.39 is 23.8 Å². The first kappa shape index (κ1) is 28.4. The van der Waals surface area contributed by atoms with E-state index in [-0.39, 0.29) is 19.4 Å². The summed E-state index contributed by atoms with van der Waals surface area (Å²) in [4.78, 5) is 25.4. The summed E-state index contributed by atoms with van der Waals surface area (Å²) in [5, 5.41) is 10.2. The molecule has 0 heterocycles. The maximum absolute atomic E-state index is 13.0. The quantitative estimate of drug-likeness (QED) is 0.297. The van der Waals surface area contributed by atoms with Crippen molar-refractivity contribution in [3.63, 3.8) is 0 Å². The number of benzene rings is 3. The number of hydrogen-bond acceptors (Lipinski definition) is 7. The summed E-state index contributed by atoms with van der Waals surface area (Å²) < 4.78 is 27.4. The topological polar surface area (TPSA) is 101 Å². The van der Waals surface area contributed by atoms with E-state index >= 15 is 0 Å². The van der Waals surface area contributed by atoms with E-state index in [4.69, 9.17) is 23.7 Å². The van der Waals surface area contributed by atoms with Crippen LogP contribution in [0.4, 0.5) is 0 Å². The van der Waals surface area contributed by atoms with Crippen LogP contribution >= 0.6 is 0 Å². The number of esters is 1. The maximum Gasteiger partial charge on any atom is 0.310 e. The molecular formula is C30H34O8. The van der Waals surface area contributed by atoms with Gasteiger partial charge in [-0.15, -0.1) is 0 Å². The van der Waals surface area contributed by atoms with Gasteiger partial charge in [0.25, 0.3) is 0 Å². The molecule has 8 nitrogen and oxygen atoms in total. The third-order valence-electron chi connectivity index (χ3n) is 6.22. The molecule has 0 amide bonds. The monoisotopic (exact) mass is 522 g/mol.